The zero-order valence-electron chi connectivity index (χ0n) is 9.41. The van der Waals surface area contributed by atoms with Gasteiger partial charge < -0.3 is 0 Å². The Kier molecular flexibility index (Phi) is 4.40. The lowest BCUT2D eigenvalue weighted by Crippen LogP contribution is -2.29. The summed E-state index contributed by atoms with van der Waals surface area (Å²) in [5.74, 6) is 0.189. The SMILES string of the molecule is O=S(=O)(NC(CCl)c1ccccc1)c1cccs1. The van der Waals surface area contributed by atoms with E-state index in [4.69, 9.17) is 11.6 Å². The summed E-state index contributed by atoms with van der Waals surface area (Å²) in [6.45, 7) is 0. The zero-order valence-corrected chi connectivity index (χ0v) is 11.8. The minimum Gasteiger partial charge on any atom is -0.206 e. The van der Waals surface area contributed by atoms with E-state index < -0.39 is 16.1 Å². The van der Waals surface area contributed by atoms with Crippen LogP contribution in [-0.4, -0.2) is 14.3 Å². The van der Waals surface area contributed by atoms with Crippen LogP contribution >= 0.6 is 22.9 Å². The molecule has 1 N–H and O–H groups in total. The lowest BCUT2D eigenvalue weighted by Gasteiger charge is -2.15. The third kappa shape index (κ3) is 3.11. The molecule has 1 unspecified atom stereocenters. The number of hydrogen-bond donors (Lipinski definition) is 1. The van der Waals surface area contributed by atoms with Crippen molar-refractivity contribution < 1.29 is 8.42 Å². The van der Waals surface area contributed by atoms with Gasteiger partial charge in [0.2, 0.25) is 0 Å². The minimum absolute atomic E-state index is 0.189. The van der Waals surface area contributed by atoms with Gasteiger partial charge in [0.15, 0.2) is 0 Å². The van der Waals surface area contributed by atoms with Crippen molar-refractivity contribution in [2.75, 3.05) is 5.88 Å². The highest BCUT2D eigenvalue weighted by Crippen LogP contribution is 2.21. The first kappa shape index (κ1) is 13.5. The second-order valence-electron chi connectivity index (χ2n) is 3.67. The van der Waals surface area contributed by atoms with Gasteiger partial charge in [0.25, 0.3) is 10.0 Å². The molecule has 3 nitrogen and oxygen atoms in total. The van der Waals surface area contributed by atoms with E-state index in [-0.39, 0.29) is 5.88 Å². The minimum atomic E-state index is -3.49. The van der Waals surface area contributed by atoms with Crippen molar-refractivity contribution in [1.29, 1.82) is 0 Å². The van der Waals surface area contributed by atoms with Gasteiger partial charge in [0, 0.05) is 5.88 Å². The maximum atomic E-state index is 12.1. The molecule has 0 saturated carbocycles. The van der Waals surface area contributed by atoms with Crippen LogP contribution < -0.4 is 4.72 Å². The molecule has 0 aliphatic carbocycles. The number of hydrogen-bond acceptors (Lipinski definition) is 3. The lowest BCUT2D eigenvalue weighted by atomic mass is 10.1. The summed E-state index contributed by atoms with van der Waals surface area (Å²) >= 11 is 7.03. The molecule has 18 heavy (non-hydrogen) atoms. The summed E-state index contributed by atoms with van der Waals surface area (Å²) < 4.78 is 27.1. The van der Waals surface area contributed by atoms with Gasteiger partial charge in [-0.05, 0) is 17.0 Å². The van der Waals surface area contributed by atoms with Crippen molar-refractivity contribution in [2.45, 2.75) is 10.3 Å². The molecule has 0 amide bonds. The Balaban J connectivity index is 2.22. The molecular weight excluding hydrogens is 290 g/mol. The summed E-state index contributed by atoms with van der Waals surface area (Å²) in [5, 5.41) is 1.73. The molecule has 2 rings (SSSR count). The van der Waals surface area contributed by atoms with E-state index in [0.29, 0.717) is 4.21 Å². The van der Waals surface area contributed by atoms with Gasteiger partial charge in [-0.25, -0.2) is 13.1 Å². The molecule has 1 aromatic heterocycles. The van der Waals surface area contributed by atoms with Gasteiger partial charge in [-0.2, -0.15) is 0 Å². The van der Waals surface area contributed by atoms with E-state index in [0.717, 1.165) is 5.56 Å². The van der Waals surface area contributed by atoms with Gasteiger partial charge in [0.05, 0.1) is 6.04 Å². The molecule has 0 bridgehead atoms. The van der Waals surface area contributed by atoms with Crippen LogP contribution in [0.4, 0.5) is 0 Å². The Labute approximate surface area is 115 Å². The quantitative estimate of drug-likeness (QED) is 0.863. The highest BCUT2D eigenvalue weighted by Gasteiger charge is 2.21. The molecular formula is C12H12ClNO2S2. The monoisotopic (exact) mass is 301 g/mol. The molecule has 1 heterocycles. The van der Waals surface area contributed by atoms with Gasteiger partial charge in [0.1, 0.15) is 4.21 Å². The maximum absolute atomic E-state index is 12.1. The Bertz CT molecular complexity index is 582. The maximum Gasteiger partial charge on any atom is 0.250 e. The summed E-state index contributed by atoms with van der Waals surface area (Å²) in [7, 11) is -3.49. The summed E-state index contributed by atoms with van der Waals surface area (Å²) in [6.07, 6.45) is 0. The Morgan fingerprint density at radius 3 is 2.44 bits per heavy atom. The van der Waals surface area contributed by atoms with E-state index in [1.807, 2.05) is 30.3 Å². The number of thiophene rings is 1. The van der Waals surface area contributed by atoms with Crippen LogP contribution in [0.15, 0.2) is 52.1 Å². The average Bonchev–Trinajstić information content (AvgIpc) is 2.92. The van der Waals surface area contributed by atoms with E-state index in [1.54, 1.807) is 17.5 Å². The zero-order chi connectivity index (χ0) is 13.0. The molecule has 0 fully saturated rings. The Hall–Kier alpha value is -0.880. The van der Waals surface area contributed by atoms with Gasteiger partial charge >= 0.3 is 0 Å². The Morgan fingerprint density at radius 2 is 1.89 bits per heavy atom. The molecule has 0 spiro atoms. The molecule has 0 saturated heterocycles. The first-order valence-electron chi connectivity index (χ1n) is 5.30. The van der Waals surface area contributed by atoms with Crippen molar-refractivity contribution in [2.24, 2.45) is 0 Å². The van der Waals surface area contributed by atoms with Crippen LogP contribution in [0.1, 0.15) is 11.6 Å². The first-order valence-corrected chi connectivity index (χ1v) is 8.20. The largest absolute Gasteiger partial charge is 0.250 e. The third-order valence-electron chi connectivity index (χ3n) is 2.41. The summed E-state index contributed by atoms with van der Waals surface area (Å²) in [4.78, 5) is 0. The van der Waals surface area contributed by atoms with Crippen molar-refractivity contribution in [3.8, 4) is 0 Å². The normalized spacial score (nSPS) is 13.4. The fourth-order valence-electron chi connectivity index (χ4n) is 1.54. The number of rotatable bonds is 5. The number of alkyl halides is 1. The highest BCUT2D eigenvalue weighted by molar-refractivity contribution is 7.91. The van der Waals surface area contributed by atoms with E-state index in [1.165, 1.54) is 11.3 Å². The molecule has 0 radical (unpaired) electrons. The van der Waals surface area contributed by atoms with Crippen molar-refractivity contribution in [1.82, 2.24) is 4.72 Å². The summed E-state index contributed by atoms with van der Waals surface area (Å²) in [5.41, 5.74) is 0.854. The van der Waals surface area contributed by atoms with Gasteiger partial charge in [-0.3, -0.25) is 0 Å². The molecule has 0 aliphatic rings. The predicted octanol–water partition coefficient (Wildman–Crippen LogP) is 3.01. The molecule has 0 aliphatic heterocycles. The molecule has 6 heteroatoms. The highest BCUT2D eigenvalue weighted by atomic mass is 35.5. The second-order valence-corrected chi connectivity index (χ2v) is 6.87. The fourth-order valence-corrected chi connectivity index (χ4v) is 4.12. The van der Waals surface area contributed by atoms with Crippen LogP contribution in [0, 0.1) is 0 Å². The molecule has 1 atom stereocenters. The number of halogens is 1. The van der Waals surface area contributed by atoms with Crippen LogP contribution in [0.3, 0.4) is 0 Å². The van der Waals surface area contributed by atoms with Crippen LogP contribution in [-0.2, 0) is 10.0 Å². The molecule has 2 aromatic rings. The second kappa shape index (κ2) is 5.84. The van der Waals surface area contributed by atoms with Crippen molar-refractivity contribution in [3.05, 3.63) is 53.4 Å². The van der Waals surface area contributed by atoms with Crippen LogP contribution in [0.5, 0.6) is 0 Å². The lowest BCUT2D eigenvalue weighted by molar-refractivity contribution is 0.570. The number of sulfonamides is 1. The smallest absolute Gasteiger partial charge is 0.206 e. The fraction of sp³-hybridized carbons (Fsp3) is 0.167. The van der Waals surface area contributed by atoms with Gasteiger partial charge in [-0.15, -0.1) is 22.9 Å². The van der Waals surface area contributed by atoms with Crippen molar-refractivity contribution >= 4 is 33.0 Å². The van der Waals surface area contributed by atoms with Gasteiger partial charge in [-0.1, -0.05) is 36.4 Å². The van der Waals surface area contributed by atoms with E-state index >= 15 is 0 Å². The van der Waals surface area contributed by atoms with E-state index in [2.05, 4.69) is 4.72 Å². The molecule has 1 aromatic carbocycles. The number of benzene rings is 1. The number of nitrogens with one attached hydrogen (secondary N) is 1. The first-order chi connectivity index (χ1) is 8.63. The van der Waals surface area contributed by atoms with Crippen molar-refractivity contribution in [3.63, 3.8) is 0 Å². The average molecular weight is 302 g/mol. The summed E-state index contributed by atoms with van der Waals surface area (Å²) in [6, 6.07) is 12.2. The Morgan fingerprint density at radius 1 is 1.17 bits per heavy atom. The standard InChI is InChI=1S/C12H12ClNO2S2/c13-9-11(10-5-2-1-3-6-10)14-18(15,16)12-7-4-8-17-12/h1-8,11,14H,9H2. The predicted molar refractivity (Wildman–Crippen MR) is 74.5 cm³/mol. The topological polar surface area (TPSA) is 46.2 Å². The van der Waals surface area contributed by atoms with E-state index in [9.17, 15) is 8.42 Å². The van der Waals surface area contributed by atoms with Crippen LogP contribution in [0.25, 0.3) is 0 Å². The third-order valence-corrected chi connectivity index (χ3v) is 5.59. The molecule has 96 valence electrons. The van der Waals surface area contributed by atoms with Crippen LogP contribution in [0.2, 0.25) is 0 Å².